The Morgan fingerprint density at radius 3 is 2.22 bits per heavy atom. The monoisotopic (exact) mass is 128 g/mol. The Morgan fingerprint density at radius 1 is 1.33 bits per heavy atom. The van der Waals surface area contributed by atoms with E-state index in [1.54, 1.807) is 0 Å². The number of epoxide rings is 2. The minimum Gasteiger partial charge on any atom is -0.307 e. The first-order valence-electron chi connectivity index (χ1n) is 3.63. The van der Waals surface area contributed by atoms with Gasteiger partial charge in [0, 0.05) is 6.42 Å². The predicted octanol–water partition coefficient (Wildman–Crippen LogP) is 1.65. The number of rotatable bonds is 3. The summed E-state index contributed by atoms with van der Waals surface area (Å²) in [4.78, 5) is 0. The zero-order valence-electron chi connectivity index (χ0n) is 5.94. The van der Waals surface area contributed by atoms with Gasteiger partial charge in [-0.1, -0.05) is 13.3 Å². The fourth-order valence-corrected chi connectivity index (χ4v) is 1.32. The molecule has 0 spiro atoms. The van der Waals surface area contributed by atoms with Crippen molar-refractivity contribution in [1.29, 1.82) is 0 Å². The van der Waals surface area contributed by atoms with Crippen molar-refractivity contribution in [2.75, 3.05) is 0 Å². The van der Waals surface area contributed by atoms with Gasteiger partial charge in [0.05, 0.1) is 0 Å². The Kier molecular flexibility index (Phi) is 0.837. The number of fused-ring (bicyclic) bond motifs is 1. The SMILES string of the molecule is CCCCC12OC1(C)O2. The van der Waals surface area contributed by atoms with Gasteiger partial charge in [-0.15, -0.1) is 0 Å². The Morgan fingerprint density at radius 2 is 1.89 bits per heavy atom. The summed E-state index contributed by atoms with van der Waals surface area (Å²) in [5.41, 5.74) is 0. The van der Waals surface area contributed by atoms with E-state index in [9.17, 15) is 0 Å². The molecule has 2 rings (SSSR count). The molecule has 0 radical (unpaired) electrons. The third kappa shape index (κ3) is 0.578. The van der Waals surface area contributed by atoms with Gasteiger partial charge >= 0.3 is 0 Å². The van der Waals surface area contributed by atoms with Gasteiger partial charge in [0.2, 0.25) is 11.6 Å². The second-order valence-electron chi connectivity index (χ2n) is 3.01. The molecule has 2 heterocycles. The molecule has 9 heavy (non-hydrogen) atoms. The molecule has 2 heteroatoms. The lowest BCUT2D eigenvalue weighted by molar-refractivity contribution is -0.0919. The van der Waals surface area contributed by atoms with Crippen LogP contribution in [0.4, 0.5) is 0 Å². The quantitative estimate of drug-likeness (QED) is 0.540. The summed E-state index contributed by atoms with van der Waals surface area (Å²) in [5, 5.41) is 0. The largest absolute Gasteiger partial charge is 0.307 e. The van der Waals surface area contributed by atoms with E-state index in [4.69, 9.17) is 9.47 Å². The number of hydrogen-bond donors (Lipinski definition) is 0. The molecule has 2 saturated heterocycles. The Labute approximate surface area is 55.1 Å². The lowest BCUT2D eigenvalue weighted by atomic mass is 10.2. The van der Waals surface area contributed by atoms with Crippen LogP contribution in [-0.4, -0.2) is 11.6 Å². The Bertz CT molecular complexity index is 136. The second kappa shape index (κ2) is 1.32. The van der Waals surface area contributed by atoms with Crippen molar-refractivity contribution in [3.05, 3.63) is 0 Å². The second-order valence-corrected chi connectivity index (χ2v) is 3.01. The first kappa shape index (κ1) is 5.69. The van der Waals surface area contributed by atoms with Gasteiger partial charge < -0.3 is 9.47 Å². The van der Waals surface area contributed by atoms with Crippen LogP contribution in [0.25, 0.3) is 0 Å². The van der Waals surface area contributed by atoms with E-state index in [1.807, 2.05) is 6.92 Å². The molecule has 0 amide bonds. The fraction of sp³-hybridized carbons (Fsp3) is 1.00. The summed E-state index contributed by atoms with van der Waals surface area (Å²) in [6, 6.07) is 0. The third-order valence-electron chi connectivity index (χ3n) is 2.19. The summed E-state index contributed by atoms with van der Waals surface area (Å²) in [6.45, 7) is 4.18. The van der Waals surface area contributed by atoms with Crippen molar-refractivity contribution in [1.82, 2.24) is 0 Å². The lowest BCUT2D eigenvalue weighted by Gasteiger charge is -1.96. The van der Waals surface area contributed by atoms with E-state index in [2.05, 4.69) is 6.92 Å². The highest BCUT2D eigenvalue weighted by Gasteiger charge is 2.87. The highest BCUT2D eigenvalue weighted by Crippen LogP contribution is 2.69. The van der Waals surface area contributed by atoms with Crippen molar-refractivity contribution in [3.8, 4) is 0 Å². The Hall–Kier alpha value is -0.0800. The van der Waals surface area contributed by atoms with E-state index in [0.29, 0.717) is 0 Å². The average molecular weight is 128 g/mol. The van der Waals surface area contributed by atoms with E-state index < -0.39 is 0 Å². The summed E-state index contributed by atoms with van der Waals surface area (Å²) in [6.07, 6.45) is 3.53. The van der Waals surface area contributed by atoms with Crippen LogP contribution in [0.5, 0.6) is 0 Å². The first-order chi connectivity index (χ1) is 4.22. The van der Waals surface area contributed by atoms with Gasteiger partial charge in [-0.25, -0.2) is 0 Å². The molecule has 2 aliphatic heterocycles. The van der Waals surface area contributed by atoms with Crippen LogP contribution >= 0.6 is 0 Å². The average Bonchev–Trinajstić information content (AvgIpc) is 2.48. The highest BCUT2D eigenvalue weighted by molar-refractivity contribution is 5.14. The molecule has 0 unspecified atom stereocenters. The van der Waals surface area contributed by atoms with E-state index in [1.165, 1.54) is 12.8 Å². The fourth-order valence-electron chi connectivity index (χ4n) is 1.32. The van der Waals surface area contributed by atoms with Crippen molar-refractivity contribution in [2.24, 2.45) is 0 Å². The summed E-state index contributed by atoms with van der Waals surface area (Å²) >= 11 is 0. The van der Waals surface area contributed by atoms with E-state index in [0.717, 1.165) is 6.42 Å². The number of ether oxygens (including phenoxy) is 2. The lowest BCUT2D eigenvalue weighted by Crippen LogP contribution is -1.96. The standard InChI is InChI=1S/C7H12O2/c1-3-4-5-7-6(2,8-7)9-7/h3-5H2,1-2H3. The van der Waals surface area contributed by atoms with Crippen LogP contribution in [0.15, 0.2) is 0 Å². The zero-order chi connectivity index (χ0) is 6.54. The summed E-state index contributed by atoms with van der Waals surface area (Å²) in [5.74, 6) is -0.231. The van der Waals surface area contributed by atoms with Crippen LogP contribution in [0.2, 0.25) is 0 Å². The molecule has 0 aromatic rings. The molecule has 52 valence electrons. The van der Waals surface area contributed by atoms with Gasteiger partial charge in [-0.3, -0.25) is 0 Å². The van der Waals surface area contributed by atoms with Crippen LogP contribution < -0.4 is 0 Å². The van der Waals surface area contributed by atoms with Crippen LogP contribution in [0.1, 0.15) is 33.1 Å². The molecular formula is C7H12O2. The van der Waals surface area contributed by atoms with Crippen LogP contribution in [-0.2, 0) is 9.47 Å². The van der Waals surface area contributed by atoms with Gasteiger partial charge in [0.15, 0.2) is 0 Å². The van der Waals surface area contributed by atoms with Crippen molar-refractivity contribution in [2.45, 2.75) is 44.7 Å². The smallest absolute Gasteiger partial charge is 0.229 e. The van der Waals surface area contributed by atoms with E-state index in [-0.39, 0.29) is 11.6 Å². The minimum atomic E-state index is -0.137. The normalized spacial score (nSPS) is 52.7. The molecule has 2 fully saturated rings. The van der Waals surface area contributed by atoms with Crippen molar-refractivity contribution >= 4 is 0 Å². The van der Waals surface area contributed by atoms with Crippen LogP contribution in [0, 0.1) is 0 Å². The zero-order valence-corrected chi connectivity index (χ0v) is 5.94. The minimum absolute atomic E-state index is 0.0942. The third-order valence-corrected chi connectivity index (χ3v) is 2.19. The molecule has 0 saturated carbocycles. The first-order valence-corrected chi connectivity index (χ1v) is 3.63. The molecule has 2 nitrogen and oxygen atoms in total. The molecule has 2 aliphatic rings. The maximum atomic E-state index is 5.26. The molecular weight excluding hydrogens is 116 g/mol. The van der Waals surface area contributed by atoms with E-state index >= 15 is 0 Å². The highest BCUT2D eigenvalue weighted by atomic mass is 17.0. The van der Waals surface area contributed by atoms with Gasteiger partial charge in [-0.2, -0.15) is 0 Å². The molecule has 0 bridgehead atoms. The molecule has 0 N–H and O–H groups in total. The summed E-state index contributed by atoms with van der Waals surface area (Å²) in [7, 11) is 0. The predicted molar refractivity (Wildman–Crippen MR) is 32.8 cm³/mol. The molecule has 0 aromatic heterocycles. The van der Waals surface area contributed by atoms with Gasteiger partial charge in [0.25, 0.3) is 0 Å². The van der Waals surface area contributed by atoms with Gasteiger partial charge in [-0.05, 0) is 13.3 Å². The number of hydrogen-bond acceptors (Lipinski definition) is 2. The molecule has 0 aromatic carbocycles. The maximum Gasteiger partial charge on any atom is 0.229 e. The Balaban J connectivity index is 1.78. The molecule has 0 aliphatic carbocycles. The molecule has 0 atom stereocenters. The van der Waals surface area contributed by atoms with Crippen LogP contribution in [0.3, 0.4) is 0 Å². The summed E-state index contributed by atoms with van der Waals surface area (Å²) < 4.78 is 10.5. The van der Waals surface area contributed by atoms with Crippen molar-refractivity contribution in [3.63, 3.8) is 0 Å². The topological polar surface area (TPSA) is 25.1 Å². The number of unbranched alkanes of at least 4 members (excludes halogenated alkanes) is 1. The maximum absolute atomic E-state index is 5.26. The van der Waals surface area contributed by atoms with Crippen molar-refractivity contribution < 1.29 is 9.47 Å². The van der Waals surface area contributed by atoms with Gasteiger partial charge in [0.1, 0.15) is 0 Å².